The lowest BCUT2D eigenvalue weighted by Gasteiger charge is -2.04. The second-order valence-electron chi connectivity index (χ2n) is 3.02. The van der Waals surface area contributed by atoms with Crippen LogP contribution in [0.3, 0.4) is 0 Å². The van der Waals surface area contributed by atoms with Gasteiger partial charge in [-0.05, 0) is 48.3 Å². The van der Waals surface area contributed by atoms with E-state index in [9.17, 15) is 0 Å². The van der Waals surface area contributed by atoms with Crippen LogP contribution >= 0.6 is 23.5 Å². The van der Waals surface area contributed by atoms with Gasteiger partial charge in [-0.2, -0.15) is 0 Å². The average Bonchev–Trinajstić information content (AvgIpc) is 2.30. The predicted octanol–water partition coefficient (Wildman–Crippen LogP) is 4.92. The number of benzene rings is 2. The van der Waals surface area contributed by atoms with Crippen LogP contribution < -0.4 is 4.72 Å². The van der Waals surface area contributed by atoms with Gasteiger partial charge in [0.25, 0.3) is 0 Å². The van der Waals surface area contributed by atoms with Gasteiger partial charge in [-0.15, -0.1) is 0 Å². The first kappa shape index (κ1) is 19.0. The van der Waals surface area contributed by atoms with Crippen molar-refractivity contribution in [2.24, 2.45) is 0 Å². The molecule has 0 aliphatic rings. The first-order chi connectivity index (χ1) is 7.34. The van der Waals surface area contributed by atoms with Crippen LogP contribution in [0, 0.1) is 0 Å². The predicted molar refractivity (Wildman–Crippen MR) is 74.9 cm³/mol. The summed E-state index contributed by atoms with van der Waals surface area (Å²) in [6.45, 7) is 0. The van der Waals surface area contributed by atoms with E-state index in [0.29, 0.717) is 0 Å². The van der Waals surface area contributed by atoms with Crippen molar-refractivity contribution < 1.29 is 14.1 Å². The third-order valence-electron chi connectivity index (χ3n) is 1.87. The van der Waals surface area contributed by atoms with E-state index in [-0.39, 0.29) is 14.1 Å². The number of halogens is 4. The van der Waals surface area contributed by atoms with Gasteiger partial charge in [0.05, 0.1) is 0 Å². The van der Waals surface area contributed by atoms with Crippen LogP contribution in [0.4, 0.5) is 19.8 Å². The SMILES string of the molecule is Clc1ccc(SNc2ccccc2)cc1.F.F.F. The first-order valence-electron chi connectivity index (χ1n) is 4.58. The zero-order valence-electron chi connectivity index (χ0n) is 9.21. The van der Waals surface area contributed by atoms with E-state index in [0.717, 1.165) is 15.6 Å². The van der Waals surface area contributed by atoms with Crippen LogP contribution in [0.25, 0.3) is 0 Å². The number of hydrogen-bond acceptors (Lipinski definition) is 2. The Bertz CT molecular complexity index is 425. The molecule has 1 N–H and O–H groups in total. The Kier molecular flexibility index (Phi) is 10.2. The zero-order valence-corrected chi connectivity index (χ0v) is 10.8. The molecule has 0 aliphatic heterocycles. The number of nitrogens with one attached hydrogen (secondary N) is 1. The van der Waals surface area contributed by atoms with E-state index in [4.69, 9.17) is 11.6 Å². The molecule has 6 heteroatoms. The monoisotopic (exact) mass is 295 g/mol. The molecule has 0 spiro atoms. The number of hydrogen-bond donors (Lipinski definition) is 1. The maximum absolute atomic E-state index is 5.80. The minimum atomic E-state index is 0. The molecule has 0 amide bonds. The Balaban J connectivity index is 0. The molecule has 0 fully saturated rings. The Morgan fingerprint density at radius 2 is 1.33 bits per heavy atom. The fraction of sp³-hybridized carbons (Fsp3) is 0. The van der Waals surface area contributed by atoms with Crippen LogP contribution in [-0.2, 0) is 0 Å². The number of anilines is 1. The summed E-state index contributed by atoms with van der Waals surface area (Å²) in [6.07, 6.45) is 0. The maximum atomic E-state index is 5.80. The maximum Gasteiger partial charge on any atom is 0.0443 e. The standard InChI is InChI=1S/C12H10ClNS.3FH/c13-10-6-8-12(9-7-10)15-14-11-4-2-1-3-5-11;;;/h1-9,14H;3*1H. The summed E-state index contributed by atoms with van der Waals surface area (Å²) in [5.41, 5.74) is 1.09. The molecule has 0 bridgehead atoms. The fourth-order valence-electron chi connectivity index (χ4n) is 1.13. The summed E-state index contributed by atoms with van der Waals surface area (Å²) in [6, 6.07) is 17.8. The molecule has 18 heavy (non-hydrogen) atoms. The lowest BCUT2D eigenvalue weighted by atomic mass is 10.3. The molecule has 1 nitrogen and oxygen atoms in total. The Morgan fingerprint density at radius 3 is 1.89 bits per heavy atom. The molecule has 0 saturated heterocycles. The Morgan fingerprint density at radius 1 is 0.778 bits per heavy atom. The molecule has 0 unspecified atom stereocenters. The van der Waals surface area contributed by atoms with Gasteiger partial charge in [-0.3, -0.25) is 14.1 Å². The fourth-order valence-corrected chi connectivity index (χ4v) is 1.90. The molecule has 0 aromatic heterocycles. The van der Waals surface area contributed by atoms with Crippen LogP contribution in [0.1, 0.15) is 0 Å². The first-order valence-corrected chi connectivity index (χ1v) is 5.77. The molecule has 2 aromatic carbocycles. The van der Waals surface area contributed by atoms with Gasteiger partial charge in [0.2, 0.25) is 0 Å². The van der Waals surface area contributed by atoms with Crippen molar-refractivity contribution in [3.05, 3.63) is 59.6 Å². The van der Waals surface area contributed by atoms with E-state index >= 15 is 0 Å². The Labute approximate surface area is 113 Å². The molecule has 100 valence electrons. The third-order valence-corrected chi connectivity index (χ3v) is 2.97. The minimum absolute atomic E-state index is 0. The third kappa shape index (κ3) is 5.84. The Hall–Kier alpha value is -1.33. The van der Waals surface area contributed by atoms with Gasteiger partial charge >= 0.3 is 0 Å². The number of rotatable bonds is 3. The van der Waals surface area contributed by atoms with Gasteiger partial charge in [-0.25, -0.2) is 0 Å². The van der Waals surface area contributed by atoms with Crippen LogP contribution in [0.5, 0.6) is 0 Å². The lowest BCUT2D eigenvalue weighted by Crippen LogP contribution is -1.84. The van der Waals surface area contributed by atoms with Gasteiger partial charge in [0.15, 0.2) is 0 Å². The molecule has 0 aliphatic carbocycles. The van der Waals surface area contributed by atoms with Crippen molar-refractivity contribution in [2.75, 3.05) is 4.72 Å². The van der Waals surface area contributed by atoms with E-state index in [1.165, 1.54) is 0 Å². The second kappa shape index (κ2) is 9.67. The molecule has 0 heterocycles. The van der Waals surface area contributed by atoms with Gasteiger partial charge < -0.3 is 4.72 Å². The van der Waals surface area contributed by atoms with Crippen molar-refractivity contribution in [3.63, 3.8) is 0 Å². The second-order valence-corrected chi connectivity index (χ2v) is 4.34. The number of para-hydroxylation sites is 1. The lowest BCUT2D eigenvalue weighted by molar-refractivity contribution is 1.11. The average molecular weight is 296 g/mol. The largest absolute Gasteiger partial charge is 0.326 e. The molecular formula is C12H13ClF3NS. The molecule has 0 radical (unpaired) electrons. The van der Waals surface area contributed by atoms with Crippen molar-refractivity contribution in [3.8, 4) is 0 Å². The van der Waals surface area contributed by atoms with Gasteiger partial charge in [-0.1, -0.05) is 29.8 Å². The molecule has 2 rings (SSSR count). The van der Waals surface area contributed by atoms with E-state index in [2.05, 4.69) is 4.72 Å². The summed E-state index contributed by atoms with van der Waals surface area (Å²) in [7, 11) is 0. The minimum Gasteiger partial charge on any atom is -0.326 e. The van der Waals surface area contributed by atoms with Crippen LogP contribution in [0.15, 0.2) is 59.5 Å². The normalized spacial score (nSPS) is 8.28. The topological polar surface area (TPSA) is 12.0 Å². The van der Waals surface area contributed by atoms with Crippen molar-refractivity contribution in [2.45, 2.75) is 4.90 Å². The highest BCUT2D eigenvalue weighted by Crippen LogP contribution is 2.22. The van der Waals surface area contributed by atoms with E-state index < -0.39 is 0 Å². The van der Waals surface area contributed by atoms with E-state index in [1.807, 2.05) is 54.6 Å². The summed E-state index contributed by atoms with van der Waals surface area (Å²) in [5.74, 6) is 0. The zero-order chi connectivity index (χ0) is 10.5. The smallest absolute Gasteiger partial charge is 0.0443 e. The summed E-state index contributed by atoms with van der Waals surface area (Å²) < 4.78 is 3.25. The van der Waals surface area contributed by atoms with Crippen molar-refractivity contribution >= 4 is 29.2 Å². The molecule has 2 aromatic rings. The highest BCUT2D eigenvalue weighted by Gasteiger charge is 1.94. The summed E-state index contributed by atoms with van der Waals surface area (Å²) in [5, 5.41) is 0.763. The summed E-state index contributed by atoms with van der Waals surface area (Å²) in [4.78, 5) is 1.14. The molecular weight excluding hydrogens is 283 g/mol. The summed E-state index contributed by atoms with van der Waals surface area (Å²) >= 11 is 7.37. The molecule has 0 saturated carbocycles. The highest BCUT2D eigenvalue weighted by atomic mass is 35.5. The quantitative estimate of drug-likeness (QED) is 0.807. The van der Waals surface area contributed by atoms with Crippen molar-refractivity contribution in [1.82, 2.24) is 0 Å². The van der Waals surface area contributed by atoms with Crippen LogP contribution in [0.2, 0.25) is 5.02 Å². The molecule has 0 atom stereocenters. The highest BCUT2D eigenvalue weighted by molar-refractivity contribution is 8.00. The van der Waals surface area contributed by atoms with Crippen LogP contribution in [-0.4, -0.2) is 0 Å². The van der Waals surface area contributed by atoms with Gasteiger partial charge in [0.1, 0.15) is 0 Å². The van der Waals surface area contributed by atoms with E-state index in [1.54, 1.807) is 11.9 Å². The van der Waals surface area contributed by atoms with Crippen molar-refractivity contribution in [1.29, 1.82) is 0 Å². The van der Waals surface area contributed by atoms with Gasteiger partial charge in [0, 0.05) is 15.6 Å².